The lowest BCUT2D eigenvalue weighted by Gasteiger charge is -2.40. The van der Waals surface area contributed by atoms with Crippen LogP contribution in [0.4, 0.5) is 5.69 Å². The molecule has 1 aliphatic rings. The standard InChI is InChI=1S/C15H25BrN4O/c1-4-5-8-20-14(21)13(16)12(11-18-20)19-9-6-15(2,17-3)7-10-19/h11,17H,4-10H2,1-3H3. The Labute approximate surface area is 134 Å². The van der Waals surface area contributed by atoms with Crippen LogP contribution in [0.5, 0.6) is 0 Å². The van der Waals surface area contributed by atoms with Crippen molar-refractivity contribution in [3.63, 3.8) is 0 Å². The van der Waals surface area contributed by atoms with Crippen molar-refractivity contribution >= 4 is 21.6 Å². The van der Waals surface area contributed by atoms with Gasteiger partial charge in [0.05, 0.1) is 11.9 Å². The second-order valence-electron chi connectivity index (χ2n) is 6.02. The van der Waals surface area contributed by atoms with Gasteiger partial charge in [0, 0.05) is 25.2 Å². The highest BCUT2D eigenvalue weighted by Gasteiger charge is 2.29. The van der Waals surface area contributed by atoms with E-state index < -0.39 is 0 Å². The topological polar surface area (TPSA) is 50.2 Å². The van der Waals surface area contributed by atoms with Crippen molar-refractivity contribution in [3.05, 3.63) is 21.0 Å². The minimum absolute atomic E-state index is 0.0251. The van der Waals surface area contributed by atoms with Gasteiger partial charge >= 0.3 is 0 Å². The lowest BCUT2D eigenvalue weighted by atomic mass is 9.90. The predicted molar refractivity (Wildman–Crippen MR) is 90.0 cm³/mol. The molecule has 0 radical (unpaired) electrons. The second kappa shape index (κ2) is 6.92. The monoisotopic (exact) mass is 356 g/mol. The molecule has 1 fully saturated rings. The van der Waals surface area contributed by atoms with Crippen LogP contribution in [0.1, 0.15) is 39.5 Å². The first-order valence-electron chi connectivity index (χ1n) is 7.70. The van der Waals surface area contributed by atoms with E-state index in [1.54, 1.807) is 4.68 Å². The van der Waals surface area contributed by atoms with E-state index in [1.807, 2.05) is 13.2 Å². The number of anilines is 1. The predicted octanol–water partition coefficient (Wildman–Crippen LogP) is 2.38. The number of halogens is 1. The van der Waals surface area contributed by atoms with Crippen molar-refractivity contribution in [2.24, 2.45) is 0 Å². The lowest BCUT2D eigenvalue weighted by Crippen LogP contribution is -2.50. The summed E-state index contributed by atoms with van der Waals surface area (Å²) in [7, 11) is 2.02. The quantitative estimate of drug-likeness (QED) is 0.879. The third-order valence-corrected chi connectivity index (χ3v) is 5.25. The maximum Gasteiger partial charge on any atom is 0.283 e. The molecule has 0 spiro atoms. The Balaban J connectivity index is 2.15. The largest absolute Gasteiger partial charge is 0.369 e. The molecule has 5 nitrogen and oxygen atoms in total. The molecule has 21 heavy (non-hydrogen) atoms. The molecule has 6 heteroatoms. The number of hydrogen-bond donors (Lipinski definition) is 1. The zero-order valence-corrected chi connectivity index (χ0v) is 14.7. The molecule has 0 atom stereocenters. The van der Waals surface area contributed by atoms with Gasteiger partial charge in [0.15, 0.2) is 0 Å². The molecule has 1 aromatic rings. The van der Waals surface area contributed by atoms with E-state index in [0.717, 1.165) is 44.5 Å². The van der Waals surface area contributed by atoms with Crippen LogP contribution in [-0.4, -0.2) is 35.5 Å². The van der Waals surface area contributed by atoms with Gasteiger partial charge in [-0.25, -0.2) is 4.68 Å². The summed E-state index contributed by atoms with van der Waals surface area (Å²) in [6.45, 7) is 6.93. The number of aryl methyl sites for hydroxylation is 1. The van der Waals surface area contributed by atoms with Crippen LogP contribution in [0.15, 0.2) is 15.5 Å². The molecular weight excluding hydrogens is 332 g/mol. The zero-order valence-electron chi connectivity index (χ0n) is 13.2. The fourth-order valence-corrected chi connectivity index (χ4v) is 3.19. The third-order valence-electron chi connectivity index (χ3n) is 4.50. The number of piperidine rings is 1. The number of rotatable bonds is 5. The maximum absolute atomic E-state index is 12.3. The van der Waals surface area contributed by atoms with Crippen molar-refractivity contribution < 1.29 is 0 Å². The van der Waals surface area contributed by atoms with Gasteiger partial charge in [-0.1, -0.05) is 13.3 Å². The van der Waals surface area contributed by atoms with Crippen LogP contribution in [0.25, 0.3) is 0 Å². The molecule has 118 valence electrons. The Hall–Kier alpha value is -0.880. The highest BCUT2D eigenvalue weighted by molar-refractivity contribution is 9.10. The Morgan fingerprint density at radius 2 is 2.10 bits per heavy atom. The van der Waals surface area contributed by atoms with Gasteiger partial charge in [-0.05, 0) is 49.2 Å². The summed E-state index contributed by atoms with van der Waals surface area (Å²) in [5.74, 6) is 0. The molecule has 0 bridgehead atoms. The molecule has 1 N–H and O–H groups in total. The van der Waals surface area contributed by atoms with Crippen LogP contribution in [0.2, 0.25) is 0 Å². The third kappa shape index (κ3) is 3.66. The second-order valence-corrected chi connectivity index (χ2v) is 6.82. The summed E-state index contributed by atoms with van der Waals surface area (Å²) in [6, 6.07) is 0. The summed E-state index contributed by atoms with van der Waals surface area (Å²) in [5, 5.41) is 7.72. The first kappa shape index (κ1) is 16.5. The summed E-state index contributed by atoms with van der Waals surface area (Å²) in [4.78, 5) is 14.6. The van der Waals surface area contributed by atoms with E-state index in [-0.39, 0.29) is 11.1 Å². The average Bonchev–Trinajstić information content (AvgIpc) is 2.50. The van der Waals surface area contributed by atoms with Crippen molar-refractivity contribution in [1.29, 1.82) is 0 Å². The van der Waals surface area contributed by atoms with Crippen LogP contribution >= 0.6 is 15.9 Å². The molecule has 1 aromatic heterocycles. The van der Waals surface area contributed by atoms with Crippen molar-refractivity contribution in [2.75, 3.05) is 25.0 Å². The Kier molecular flexibility index (Phi) is 5.43. The fourth-order valence-electron chi connectivity index (χ4n) is 2.64. The van der Waals surface area contributed by atoms with E-state index in [1.165, 1.54) is 0 Å². The first-order chi connectivity index (χ1) is 10.0. The average molecular weight is 357 g/mol. The van der Waals surface area contributed by atoms with Crippen LogP contribution in [0.3, 0.4) is 0 Å². The summed E-state index contributed by atoms with van der Waals surface area (Å²) in [6.07, 6.45) is 5.98. The number of aromatic nitrogens is 2. The molecular formula is C15H25BrN4O. The number of hydrogen-bond acceptors (Lipinski definition) is 4. The van der Waals surface area contributed by atoms with Gasteiger partial charge in [-0.15, -0.1) is 0 Å². The Morgan fingerprint density at radius 1 is 1.43 bits per heavy atom. The van der Waals surface area contributed by atoms with Gasteiger partial charge in [-0.3, -0.25) is 4.79 Å². The number of unbranched alkanes of at least 4 members (excludes halogenated alkanes) is 1. The maximum atomic E-state index is 12.3. The molecule has 2 rings (SSSR count). The lowest BCUT2D eigenvalue weighted by molar-refractivity contribution is 0.305. The Morgan fingerprint density at radius 3 is 2.67 bits per heavy atom. The zero-order chi connectivity index (χ0) is 15.5. The van der Waals surface area contributed by atoms with E-state index in [9.17, 15) is 4.79 Å². The van der Waals surface area contributed by atoms with Gasteiger partial charge in [-0.2, -0.15) is 5.10 Å². The van der Waals surface area contributed by atoms with Crippen LogP contribution in [-0.2, 0) is 6.54 Å². The molecule has 1 aliphatic heterocycles. The smallest absolute Gasteiger partial charge is 0.283 e. The normalized spacial score (nSPS) is 18.0. The van der Waals surface area contributed by atoms with Crippen LogP contribution in [0, 0.1) is 0 Å². The summed E-state index contributed by atoms with van der Waals surface area (Å²) >= 11 is 3.47. The van der Waals surface area contributed by atoms with E-state index in [2.05, 4.69) is 45.1 Å². The molecule has 0 saturated carbocycles. The van der Waals surface area contributed by atoms with Gasteiger partial charge < -0.3 is 10.2 Å². The number of nitrogens with zero attached hydrogens (tertiary/aromatic N) is 3. The van der Waals surface area contributed by atoms with Gasteiger partial charge in [0.1, 0.15) is 4.47 Å². The van der Waals surface area contributed by atoms with Crippen molar-refractivity contribution in [2.45, 2.75) is 51.6 Å². The molecule has 0 amide bonds. The highest BCUT2D eigenvalue weighted by Crippen LogP contribution is 2.28. The fraction of sp³-hybridized carbons (Fsp3) is 0.733. The molecule has 0 unspecified atom stereocenters. The van der Waals surface area contributed by atoms with Crippen molar-refractivity contribution in [3.8, 4) is 0 Å². The molecule has 0 aliphatic carbocycles. The minimum Gasteiger partial charge on any atom is -0.369 e. The molecule has 2 heterocycles. The minimum atomic E-state index is -0.0251. The van der Waals surface area contributed by atoms with Gasteiger partial charge in [0.2, 0.25) is 0 Å². The Bertz CT molecular complexity index is 535. The highest BCUT2D eigenvalue weighted by atomic mass is 79.9. The van der Waals surface area contributed by atoms with Crippen LogP contribution < -0.4 is 15.8 Å². The number of nitrogens with one attached hydrogen (secondary N) is 1. The summed E-state index contributed by atoms with van der Waals surface area (Å²) < 4.78 is 2.19. The van der Waals surface area contributed by atoms with Gasteiger partial charge in [0.25, 0.3) is 5.56 Å². The molecule has 1 saturated heterocycles. The SMILES string of the molecule is CCCCn1ncc(N2CCC(C)(NC)CC2)c(Br)c1=O. The van der Waals surface area contributed by atoms with E-state index in [0.29, 0.717) is 11.0 Å². The van der Waals surface area contributed by atoms with E-state index in [4.69, 9.17) is 0 Å². The first-order valence-corrected chi connectivity index (χ1v) is 8.49. The molecule has 0 aromatic carbocycles. The van der Waals surface area contributed by atoms with E-state index >= 15 is 0 Å². The van der Waals surface area contributed by atoms with Crippen molar-refractivity contribution in [1.82, 2.24) is 15.1 Å². The summed E-state index contributed by atoms with van der Waals surface area (Å²) in [5.41, 5.74) is 1.10.